The van der Waals surface area contributed by atoms with E-state index in [2.05, 4.69) is 23.6 Å². The molecular formula is C17H24N2O2. The highest BCUT2D eigenvalue weighted by atomic mass is 16.5. The van der Waals surface area contributed by atoms with Crippen LogP contribution in [0.4, 0.5) is 11.4 Å². The SMILES string of the molecule is CC1CCc2cccc(NC(=O)CCC3CCCO3)c2N1. The molecule has 1 aromatic carbocycles. The number of aryl methyl sites for hydroxylation is 1. The van der Waals surface area contributed by atoms with Crippen molar-refractivity contribution < 1.29 is 9.53 Å². The van der Waals surface area contributed by atoms with E-state index in [1.54, 1.807) is 0 Å². The van der Waals surface area contributed by atoms with E-state index < -0.39 is 0 Å². The number of para-hydroxylation sites is 1. The molecule has 1 saturated heterocycles. The van der Waals surface area contributed by atoms with Crippen LogP contribution in [0.2, 0.25) is 0 Å². The lowest BCUT2D eigenvalue weighted by Crippen LogP contribution is -2.24. The number of nitrogens with one attached hydrogen (secondary N) is 2. The summed E-state index contributed by atoms with van der Waals surface area (Å²) < 4.78 is 5.57. The van der Waals surface area contributed by atoms with Crippen LogP contribution in [0.5, 0.6) is 0 Å². The molecular weight excluding hydrogens is 264 g/mol. The van der Waals surface area contributed by atoms with Crippen molar-refractivity contribution in [3.8, 4) is 0 Å². The quantitative estimate of drug-likeness (QED) is 0.893. The Morgan fingerprint density at radius 3 is 3.14 bits per heavy atom. The molecule has 1 amide bonds. The minimum atomic E-state index is 0.0823. The Hall–Kier alpha value is -1.55. The van der Waals surface area contributed by atoms with E-state index in [9.17, 15) is 4.79 Å². The second-order valence-corrected chi connectivity index (χ2v) is 6.15. The monoisotopic (exact) mass is 288 g/mol. The Kier molecular flexibility index (Phi) is 4.44. The molecule has 0 spiro atoms. The van der Waals surface area contributed by atoms with Gasteiger partial charge in [0.25, 0.3) is 0 Å². The number of rotatable bonds is 4. The highest BCUT2D eigenvalue weighted by Gasteiger charge is 2.19. The van der Waals surface area contributed by atoms with Crippen LogP contribution in [-0.4, -0.2) is 24.7 Å². The summed E-state index contributed by atoms with van der Waals surface area (Å²) >= 11 is 0. The van der Waals surface area contributed by atoms with Crippen LogP contribution >= 0.6 is 0 Å². The summed E-state index contributed by atoms with van der Waals surface area (Å²) in [6.45, 7) is 3.03. The highest BCUT2D eigenvalue weighted by Crippen LogP contribution is 2.32. The summed E-state index contributed by atoms with van der Waals surface area (Å²) in [4.78, 5) is 12.1. The van der Waals surface area contributed by atoms with Gasteiger partial charge in [-0.3, -0.25) is 4.79 Å². The zero-order valence-corrected chi connectivity index (χ0v) is 12.7. The van der Waals surface area contributed by atoms with Crippen LogP contribution in [0.1, 0.15) is 44.6 Å². The van der Waals surface area contributed by atoms with Gasteiger partial charge in [0, 0.05) is 19.1 Å². The van der Waals surface area contributed by atoms with Crippen molar-refractivity contribution in [1.29, 1.82) is 0 Å². The lowest BCUT2D eigenvalue weighted by molar-refractivity contribution is -0.116. The van der Waals surface area contributed by atoms with Gasteiger partial charge in [-0.25, -0.2) is 0 Å². The number of hydrogen-bond acceptors (Lipinski definition) is 3. The largest absolute Gasteiger partial charge is 0.381 e. The number of fused-ring (bicyclic) bond motifs is 1. The standard InChI is InChI=1S/C17H24N2O2/c1-12-7-8-13-4-2-6-15(17(13)18-12)19-16(20)10-9-14-5-3-11-21-14/h2,4,6,12,14,18H,3,5,7-11H2,1H3,(H,19,20). The van der Waals surface area contributed by atoms with Gasteiger partial charge >= 0.3 is 0 Å². The summed E-state index contributed by atoms with van der Waals surface area (Å²) in [7, 11) is 0. The third-order valence-corrected chi connectivity index (χ3v) is 4.38. The molecule has 2 unspecified atom stereocenters. The maximum atomic E-state index is 12.1. The third kappa shape index (κ3) is 3.56. The molecule has 2 aliphatic rings. The van der Waals surface area contributed by atoms with E-state index in [1.807, 2.05) is 12.1 Å². The molecule has 4 nitrogen and oxygen atoms in total. The maximum absolute atomic E-state index is 12.1. The van der Waals surface area contributed by atoms with E-state index in [4.69, 9.17) is 4.74 Å². The van der Waals surface area contributed by atoms with Gasteiger partial charge in [0.1, 0.15) is 0 Å². The number of anilines is 2. The zero-order chi connectivity index (χ0) is 14.7. The third-order valence-electron chi connectivity index (χ3n) is 4.38. The van der Waals surface area contributed by atoms with Crippen molar-refractivity contribution in [2.75, 3.05) is 17.2 Å². The molecule has 0 saturated carbocycles. The molecule has 1 fully saturated rings. The molecule has 114 valence electrons. The van der Waals surface area contributed by atoms with Gasteiger partial charge in [-0.05, 0) is 50.7 Å². The summed E-state index contributed by atoms with van der Waals surface area (Å²) in [5.41, 5.74) is 3.31. The molecule has 4 heteroatoms. The molecule has 2 N–H and O–H groups in total. The van der Waals surface area contributed by atoms with Crippen LogP contribution in [0.25, 0.3) is 0 Å². The van der Waals surface area contributed by atoms with Crippen LogP contribution in [0.3, 0.4) is 0 Å². The molecule has 0 radical (unpaired) electrons. The Labute approximate surface area is 126 Å². The number of carbonyl (C=O) groups is 1. The molecule has 0 bridgehead atoms. The topological polar surface area (TPSA) is 50.4 Å². The number of hydrogen-bond donors (Lipinski definition) is 2. The van der Waals surface area contributed by atoms with Crippen molar-refractivity contribution in [3.63, 3.8) is 0 Å². The van der Waals surface area contributed by atoms with Crippen LogP contribution in [0, 0.1) is 0 Å². The van der Waals surface area contributed by atoms with Crippen molar-refractivity contribution >= 4 is 17.3 Å². The van der Waals surface area contributed by atoms with Gasteiger partial charge in [-0.2, -0.15) is 0 Å². The summed E-state index contributed by atoms with van der Waals surface area (Å²) in [6, 6.07) is 6.60. The lowest BCUT2D eigenvalue weighted by atomic mass is 9.98. The number of carbonyl (C=O) groups excluding carboxylic acids is 1. The predicted molar refractivity (Wildman–Crippen MR) is 84.7 cm³/mol. The fourth-order valence-corrected chi connectivity index (χ4v) is 3.15. The average molecular weight is 288 g/mol. The molecule has 3 rings (SSSR count). The number of ether oxygens (including phenoxy) is 1. The van der Waals surface area contributed by atoms with Crippen molar-refractivity contribution in [2.24, 2.45) is 0 Å². The first-order chi connectivity index (χ1) is 10.2. The van der Waals surface area contributed by atoms with Crippen molar-refractivity contribution in [3.05, 3.63) is 23.8 Å². The summed E-state index contributed by atoms with van der Waals surface area (Å²) in [5.74, 6) is 0.0823. The van der Waals surface area contributed by atoms with Crippen LogP contribution in [0.15, 0.2) is 18.2 Å². The van der Waals surface area contributed by atoms with Crippen molar-refractivity contribution in [2.45, 2.75) is 57.6 Å². The van der Waals surface area contributed by atoms with Gasteiger partial charge < -0.3 is 15.4 Å². The first-order valence-corrected chi connectivity index (χ1v) is 8.02. The van der Waals surface area contributed by atoms with Crippen molar-refractivity contribution in [1.82, 2.24) is 0 Å². The first kappa shape index (κ1) is 14.4. The van der Waals surface area contributed by atoms with Crippen LogP contribution in [-0.2, 0) is 16.0 Å². The zero-order valence-electron chi connectivity index (χ0n) is 12.7. The van der Waals surface area contributed by atoms with Gasteiger partial charge in [-0.1, -0.05) is 12.1 Å². The molecule has 0 aromatic heterocycles. The number of amides is 1. The number of benzene rings is 1. The van der Waals surface area contributed by atoms with Gasteiger partial charge in [0.15, 0.2) is 0 Å². The molecule has 2 aliphatic heterocycles. The molecule has 2 heterocycles. The Morgan fingerprint density at radius 1 is 1.43 bits per heavy atom. The van der Waals surface area contributed by atoms with Gasteiger partial charge in [-0.15, -0.1) is 0 Å². The predicted octanol–water partition coefficient (Wildman–Crippen LogP) is 3.33. The lowest BCUT2D eigenvalue weighted by Gasteiger charge is -2.26. The first-order valence-electron chi connectivity index (χ1n) is 8.02. The highest BCUT2D eigenvalue weighted by molar-refractivity contribution is 5.95. The Morgan fingerprint density at radius 2 is 2.33 bits per heavy atom. The second-order valence-electron chi connectivity index (χ2n) is 6.15. The van der Waals surface area contributed by atoms with E-state index in [0.29, 0.717) is 12.5 Å². The van der Waals surface area contributed by atoms with Gasteiger partial charge in [0.05, 0.1) is 17.5 Å². The molecule has 21 heavy (non-hydrogen) atoms. The van der Waals surface area contributed by atoms with E-state index in [-0.39, 0.29) is 12.0 Å². The van der Waals surface area contributed by atoms with E-state index in [1.165, 1.54) is 5.56 Å². The molecule has 0 aliphatic carbocycles. The molecule has 1 aromatic rings. The van der Waals surface area contributed by atoms with E-state index >= 15 is 0 Å². The fraction of sp³-hybridized carbons (Fsp3) is 0.588. The normalized spacial score (nSPS) is 24.2. The summed E-state index contributed by atoms with van der Waals surface area (Å²) in [5, 5.41) is 6.55. The van der Waals surface area contributed by atoms with Gasteiger partial charge in [0.2, 0.25) is 5.91 Å². The average Bonchev–Trinajstić information content (AvgIpc) is 2.99. The summed E-state index contributed by atoms with van der Waals surface area (Å²) in [6.07, 6.45) is 6.06. The minimum absolute atomic E-state index is 0.0823. The Bertz CT molecular complexity index is 510. The second kappa shape index (κ2) is 6.48. The Balaban J connectivity index is 1.60. The maximum Gasteiger partial charge on any atom is 0.224 e. The van der Waals surface area contributed by atoms with Crippen LogP contribution < -0.4 is 10.6 Å². The smallest absolute Gasteiger partial charge is 0.224 e. The van der Waals surface area contributed by atoms with E-state index in [0.717, 1.165) is 50.1 Å². The fourth-order valence-electron chi connectivity index (χ4n) is 3.15. The molecule has 2 atom stereocenters. The minimum Gasteiger partial charge on any atom is -0.381 e.